The number of methoxy groups -OCH3 is 2. The molecule has 1 aliphatic rings. The van der Waals surface area contributed by atoms with Gasteiger partial charge in [-0.3, -0.25) is 9.59 Å². The van der Waals surface area contributed by atoms with Crippen LogP contribution >= 0.6 is 0 Å². The molecule has 3 N–H and O–H groups in total. The zero-order valence-corrected chi connectivity index (χ0v) is 18.3. The quantitative estimate of drug-likeness (QED) is 0.545. The second kappa shape index (κ2) is 11.0. The third kappa shape index (κ3) is 5.90. The van der Waals surface area contributed by atoms with Crippen LogP contribution in [0.2, 0.25) is 0 Å². The number of anilines is 2. The molecule has 170 valence electrons. The normalized spacial score (nSPS) is 12.8. The molecule has 3 amide bonds. The molecule has 0 aliphatic carbocycles. The second-order valence-electron chi connectivity index (χ2n) is 7.30. The van der Waals surface area contributed by atoms with Gasteiger partial charge in [0.05, 0.1) is 25.6 Å². The average Bonchev–Trinajstić information content (AvgIpc) is 3.35. The van der Waals surface area contributed by atoms with Crippen molar-refractivity contribution in [2.45, 2.75) is 19.4 Å². The lowest BCUT2D eigenvalue weighted by molar-refractivity contribution is -0.139. The molecule has 0 saturated carbocycles. The highest BCUT2D eigenvalue weighted by Gasteiger charge is 2.19. The number of urea groups is 1. The standard InChI is InChI=1S/C23H28N4O5/c1-31-20-8-4-3-7-17(20)14-24-22(29)16-9-10-19(27-11-5-6-12-27)18(13-16)26-23(30)25-15-21(28)32-2/h3-4,7-10,13H,5-6,11-12,14-15H2,1-2H3,(H,24,29)(H2,25,26,30). The summed E-state index contributed by atoms with van der Waals surface area (Å²) in [5, 5.41) is 8.09. The minimum atomic E-state index is -0.553. The monoisotopic (exact) mass is 440 g/mol. The molecule has 32 heavy (non-hydrogen) atoms. The smallest absolute Gasteiger partial charge is 0.325 e. The fourth-order valence-electron chi connectivity index (χ4n) is 3.53. The van der Waals surface area contributed by atoms with Gasteiger partial charge in [0.2, 0.25) is 0 Å². The molecular weight excluding hydrogens is 412 g/mol. The zero-order chi connectivity index (χ0) is 22.9. The Labute approximate surface area is 187 Å². The zero-order valence-electron chi connectivity index (χ0n) is 18.3. The number of esters is 1. The molecule has 0 radical (unpaired) electrons. The topological polar surface area (TPSA) is 109 Å². The minimum absolute atomic E-state index is 0.250. The van der Waals surface area contributed by atoms with Gasteiger partial charge in [-0.1, -0.05) is 18.2 Å². The van der Waals surface area contributed by atoms with Crippen LogP contribution in [0.4, 0.5) is 16.2 Å². The summed E-state index contributed by atoms with van der Waals surface area (Å²) in [4.78, 5) is 38.5. The summed E-state index contributed by atoms with van der Waals surface area (Å²) >= 11 is 0. The van der Waals surface area contributed by atoms with E-state index in [-0.39, 0.29) is 12.5 Å². The SMILES string of the molecule is COC(=O)CNC(=O)Nc1cc(C(=O)NCc2ccccc2OC)ccc1N1CCCC1. The van der Waals surface area contributed by atoms with Crippen LogP contribution in [-0.4, -0.2) is 51.8 Å². The van der Waals surface area contributed by atoms with Crippen LogP contribution in [0.5, 0.6) is 5.75 Å². The number of ether oxygens (including phenoxy) is 2. The first-order chi connectivity index (χ1) is 15.5. The maximum Gasteiger partial charge on any atom is 0.325 e. The van der Waals surface area contributed by atoms with E-state index < -0.39 is 12.0 Å². The summed E-state index contributed by atoms with van der Waals surface area (Å²) in [7, 11) is 2.83. The van der Waals surface area contributed by atoms with Crippen molar-refractivity contribution in [3.8, 4) is 5.75 Å². The Morgan fingerprint density at radius 3 is 2.47 bits per heavy atom. The highest BCUT2D eigenvalue weighted by Crippen LogP contribution is 2.30. The largest absolute Gasteiger partial charge is 0.496 e. The van der Waals surface area contributed by atoms with E-state index in [0.29, 0.717) is 23.5 Å². The van der Waals surface area contributed by atoms with Gasteiger partial charge in [-0.15, -0.1) is 0 Å². The van der Waals surface area contributed by atoms with Crippen LogP contribution in [0.15, 0.2) is 42.5 Å². The molecule has 1 saturated heterocycles. The van der Waals surface area contributed by atoms with Crippen molar-refractivity contribution in [1.29, 1.82) is 0 Å². The molecule has 0 unspecified atom stereocenters. The summed E-state index contributed by atoms with van der Waals surface area (Å²) in [6.45, 7) is 1.80. The maximum absolute atomic E-state index is 12.8. The summed E-state index contributed by atoms with van der Waals surface area (Å²) in [5.41, 5.74) is 2.60. The Morgan fingerprint density at radius 1 is 1.00 bits per heavy atom. The second-order valence-corrected chi connectivity index (χ2v) is 7.30. The number of hydrogen-bond donors (Lipinski definition) is 3. The van der Waals surface area contributed by atoms with E-state index in [1.54, 1.807) is 19.2 Å². The Hall–Kier alpha value is -3.75. The van der Waals surface area contributed by atoms with Crippen LogP contribution in [0.25, 0.3) is 0 Å². The molecule has 0 aromatic heterocycles. The molecule has 2 aromatic rings. The van der Waals surface area contributed by atoms with E-state index >= 15 is 0 Å². The van der Waals surface area contributed by atoms with Gasteiger partial charge in [0.15, 0.2) is 0 Å². The van der Waals surface area contributed by atoms with Crippen LogP contribution in [0, 0.1) is 0 Å². The molecular formula is C23H28N4O5. The van der Waals surface area contributed by atoms with E-state index in [0.717, 1.165) is 37.2 Å². The third-order valence-electron chi connectivity index (χ3n) is 5.21. The highest BCUT2D eigenvalue weighted by molar-refractivity contribution is 6.00. The molecule has 9 heteroatoms. The molecule has 3 rings (SSSR count). The lowest BCUT2D eigenvalue weighted by Gasteiger charge is -2.22. The van der Waals surface area contributed by atoms with E-state index in [1.165, 1.54) is 7.11 Å². The van der Waals surface area contributed by atoms with E-state index in [4.69, 9.17) is 4.74 Å². The number of para-hydroxylation sites is 1. The maximum atomic E-state index is 12.8. The number of hydrogen-bond acceptors (Lipinski definition) is 6. The Bertz CT molecular complexity index is 973. The predicted molar refractivity (Wildman–Crippen MR) is 121 cm³/mol. The molecule has 2 aromatic carbocycles. The molecule has 0 atom stereocenters. The fourth-order valence-corrected chi connectivity index (χ4v) is 3.53. The molecule has 1 aliphatic heterocycles. The van der Waals surface area contributed by atoms with Crippen molar-refractivity contribution in [1.82, 2.24) is 10.6 Å². The highest BCUT2D eigenvalue weighted by atomic mass is 16.5. The van der Waals surface area contributed by atoms with Gasteiger partial charge in [-0.2, -0.15) is 0 Å². The van der Waals surface area contributed by atoms with Gasteiger partial charge >= 0.3 is 12.0 Å². The number of nitrogens with zero attached hydrogens (tertiary/aromatic N) is 1. The lowest BCUT2D eigenvalue weighted by atomic mass is 10.1. The third-order valence-corrected chi connectivity index (χ3v) is 5.21. The van der Waals surface area contributed by atoms with Crippen LogP contribution in [-0.2, 0) is 16.1 Å². The van der Waals surface area contributed by atoms with Gasteiger partial charge in [0.1, 0.15) is 12.3 Å². The van der Waals surface area contributed by atoms with Crippen molar-refractivity contribution in [3.63, 3.8) is 0 Å². The van der Waals surface area contributed by atoms with Gasteiger partial charge in [0, 0.05) is 30.8 Å². The van der Waals surface area contributed by atoms with Crippen LogP contribution in [0.3, 0.4) is 0 Å². The number of rotatable bonds is 8. The Morgan fingerprint density at radius 2 is 1.75 bits per heavy atom. The summed E-state index contributed by atoms with van der Waals surface area (Å²) in [5.74, 6) is -0.131. The van der Waals surface area contributed by atoms with Crippen LogP contribution < -0.4 is 25.6 Å². The van der Waals surface area contributed by atoms with Gasteiger partial charge < -0.3 is 30.3 Å². The van der Waals surface area contributed by atoms with Gasteiger partial charge in [-0.05, 0) is 37.1 Å². The van der Waals surface area contributed by atoms with Crippen molar-refractivity contribution in [3.05, 3.63) is 53.6 Å². The van der Waals surface area contributed by atoms with E-state index in [2.05, 4.69) is 25.6 Å². The lowest BCUT2D eigenvalue weighted by Crippen LogP contribution is -2.34. The van der Waals surface area contributed by atoms with Crippen molar-refractivity contribution in [2.75, 3.05) is 44.1 Å². The predicted octanol–water partition coefficient (Wildman–Crippen LogP) is 2.52. The summed E-state index contributed by atoms with van der Waals surface area (Å²) in [6.07, 6.45) is 2.13. The molecule has 0 bridgehead atoms. The Kier molecular flexibility index (Phi) is 7.91. The molecule has 1 fully saturated rings. The molecule has 9 nitrogen and oxygen atoms in total. The van der Waals surface area contributed by atoms with Gasteiger partial charge in [-0.25, -0.2) is 4.79 Å². The van der Waals surface area contributed by atoms with Crippen molar-refractivity contribution in [2.24, 2.45) is 0 Å². The number of nitrogens with one attached hydrogen (secondary N) is 3. The summed E-state index contributed by atoms with van der Waals surface area (Å²) in [6, 6.07) is 12.1. The number of carbonyl (C=O) groups excluding carboxylic acids is 3. The molecule has 0 spiro atoms. The van der Waals surface area contributed by atoms with Crippen molar-refractivity contribution >= 4 is 29.3 Å². The van der Waals surface area contributed by atoms with E-state index in [9.17, 15) is 14.4 Å². The fraction of sp³-hybridized carbons (Fsp3) is 0.348. The van der Waals surface area contributed by atoms with Gasteiger partial charge in [0.25, 0.3) is 5.91 Å². The van der Waals surface area contributed by atoms with Crippen LogP contribution in [0.1, 0.15) is 28.8 Å². The first-order valence-corrected chi connectivity index (χ1v) is 10.4. The van der Waals surface area contributed by atoms with E-state index in [1.807, 2.05) is 30.3 Å². The number of carbonyl (C=O) groups is 3. The number of benzene rings is 2. The molecule has 1 heterocycles. The summed E-state index contributed by atoms with van der Waals surface area (Å²) < 4.78 is 9.86. The first kappa shape index (κ1) is 22.9. The first-order valence-electron chi connectivity index (χ1n) is 10.4. The average molecular weight is 441 g/mol. The Balaban J connectivity index is 1.74. The van der Waals surface area contributed by atoms with Crippen molar-refractivity contribution < 1.29 is 23.9 Å². The minimum Gasteiger partial charge on any atom is -0.496 e. The number of amides is 3.